The van der Waals surface area contributed by atoms with Crippen molar-refractivity contribution in [1.29, 1.82) is 5.26 Å². The van der Waals surface area contributed by atoms with Crippen LogP contribution in [0.1, 0.15) is 28.5 Å². The topological polar surface area (TPSA) is 50.8 Å². The molecule has 0 radical (unpaired) electrons. The molecule has 28 heavy (non-hydrogen) atoms. The van der Waals surface area contributed by atoms with E-state index in [1.54, 1.807) is 17.7 Å². The Bertz CT molecular complexity index is 1090. The summed E-state index contributed by atoms with van der Waals surface area (Å²) < 4.78 is 8.31. The van der Waals surface area contributed by atoms with Crippen LogP contribution in [0.2, 0.25) is 0 Å². The maximum atomic E-state index is 9.53. The summed E-state index contributed by atoms with van der Waals surface area (Å²) in [5.74, 6) is 0. The zero-order valence-electron chi connectivity index (χ0n) is 15.4. The molecule has 0 aliphatic heterocycles. The van der Waals surface area contributed by atoms with E-state index in [-0.39, 0.29) is 6.10 Å². The van der Waals surface area contributed by atoms with Crippen molar-refractivity contribution in [2.24, 2.45) is 7.05 Å². The summed E-state index contributed by atoms with van der Waals surface area (Å²) in [6.45, 7) is 0.491. The van der Waals surface area contributed by atoms with Crippen LogP contribution in [0.25, 0.3) is 11.1 Å². The lowest BCUT2D eigenvalue weighted by Gasteiger charge is -2.20. The van der Waals surface area contributed by atoms with Gasteiger partial charge in [-0.2, -0.15) is 16.6 Å². The average Bonchev–Trinajstić information content (AvgIpc) is 3.41. The van der Waals surface area contributed by atoms with E-state index >= 15 is 0 Å². The molecule has 4 nitrogen and oxygen atoms in total. The SMILES string of the molecule is Cn1cncc1C(OCc1ccccc1)c1ccc(C#N)c(-c2ccsc2)c1. The number of aromatic nitrogens is 2. The highest BCUT2D eigenvalue weighted by molar-refractivity contribution is 7.08. The van der Waals surface area contributed by atoms with Gasteiger partial charge in [-0.15, -0.1) is 0 Å². The molecule has 0 N–H and O–H groups in total. The molecule has 1 atom stereocenters. The number of rotatable bonds is 6. The first-order valence-electron chi connectivity index (χ1n) is 8.94. The predicted octanol–water partition coefficient (Wildman–Crippen LogP) is 5.33. The molecule has 2 aromatic carbocycles. The van der Waals surface area contributed by atoms with Gasteiger partial charge in [0.25, 0.3) is 0 Å². The van der Waals surface area contributed by atoms with E-state index < -0.39 is 0 Å². The molecule has 2 aromatic heterocycles. The lowest BCUT2D eigenvalue weighted by atomic mass is 9.96. The van der Waals surface area contributed by atoms with Gasteiger partial charge in [-0.05, 0) is 45.6 Å². The molecule has 4 aromatic rings. The van der Waals surface area contributed by atoms with E-state index in [4.69, 9.17) is 4.74 Å². The Kier molecular flexibility index (Phi) is 5.34. The van der Waals surface area contributed by atoms with Crippen LogP contribution in [0.15, 0.2) is 77.9 Å². The Morgan fingerprint density at radius 1 is 1.18 bits per heavy atom. The van der Waals surface area contributed by atoms with Crippen LogP contribution in [0, 0.1) is 11.3 Å². The standard InChI is InChI=1S/C23H19N3OS/c1-26-16-25-13-22(26)23(27-14-17-5-3-2-4-6-17)18-7-8-19(12-24)21(11-18)20-9-10-28-15-20/h2-11,13,15-16,23H,14H2,1H3. The summed E-state index contributed by atoms with van der Waals surface area (Å²) in [4.78, 5) is 4.26. The molecule has 0 fully saturated rings. The van der Waals surface area contributed by atoms with Crippen LogP contribution in [-0.2, 0) is 18.4 Å². The summed E-state index contributed by atoms with van der Waals surface area (Å²) in [7, 11) is 1.96. The third kappa shape index (κ3) is 3.74. The van der Waals surface area contributed by atoms with E-state index in [0.29, 0.717) is 12.2 Å². The van der Waals surface area contributed by atoms with Gasteiger partial charge in [0.15, 0.2) is 0 Å². The van der Waals surface area contributed by atoms with Crippen molar-refractivity contribution in [2.75, 3.05) is 0 Å². The van der Waals surface area contributed by atoms with Crippen molar-refractivity contribution in [2.45, 2.75) is 12.7 Å². The molecule has 0 spiro atoms. The molecule has 0 bridgehead atoms. The highest BCUT2D eigenvalue weighted by atomic mass is 32.1. The van der Waals surface area contributed by atoms with Crippen molar-refractivity contribution in [3.63, 3.8) is 0 Å². The van der Waals surface area contributed by atoms with Gasteiger partial charge < -0.3 is 9.30 Å². The molecule has 138 valence electrons. The number of ether oxygens (including phenoxy) is 1. The van der Waals surface area contributed by atoms with Gasteiger partial charge in [0.1, 0.15) is 6.10 Å². The second-order valence-corrected chi connectivity index (χ2v) is 7.31. The van der Waals surface area contributed by atoms with Crippen LogP contribution in [0.5, 0.6) is 0 Å². The van der Waals surface area contributed by atoms with Crippen molar-refractivity contribution < 1.29 is 4.74 Å². The Morgan fingerprint density at radius 2 is 2.04 bits per heavy atom. The molecule has 0 amide bonds. The van der Waals surface area contributed by atoms with Gasteiger partial charge in [-0.1, -0.05) is 36.4 Å². The second kappa shape index (κ2) is 8.22. The van der Waals surface area contributed by atoms with Gasteiger partial charge in [-0.3, -0.25) is 0 Å². The minimum Gasteiger partial charge on any atom is -0.363 e. The first-order chi connectivity index (χ1) is 13.8. The summed E-state index contributed by atoms with van der Waals surface area (Å²) >= 11 is 1.62. The van der Waals surface area contributed by atoms with Crippen LogP contribution >= 0.6 is 11.3 Å². The van der Waals surface area contributed by atoms with Gasteiger partial charge in [0.05, 0.1) is 36.5 Å². The summed E-state index contributed by atoms with van der Waals surface area (Å²) in [5, 5.41) is 13.6. The molecule has 1 unspecified atom stereocenters. The van der Waals surface area contributed by atoms with Crippen molar-refractivity contribution in [1.82, 2.24) is 9.55 Å². The fourth-order valence-corrected chi connectivity index (χ4v) is 3.86. The lowest BCUT2D eigenvalue weighted by molar-refractivity contribution is 0.0622. The number of aryl methyl sites for hydroxylation is 1. The summed E-state index contributed by atoms with van der Waals surface area (Å²) in [5.41, 5.74) is 5.72. The van der Waals surface area contributed by atoms with E-state index in [9.17, 15) is 5.26 Å². The Morgan fingerprint density at radius 3 is 2.71 bits per heavy atom. The van der Waals surface area contributed by atoms with E-state index in [2.05, 4.69) is 34.6 Å². The molecular formula is C23H19N3OS. The van der Waals surface area contributed by atoms with Crippen LogP contribution < -0.4 is 0 Å². The number of benzene rings is 2. The zero-order chi connectivity index (χ0) is 19.3. The average molecular weight is 385 g/mol. The summed E-state index contributed by atoms with van der Waals surface area (Å²) in [6.07, 6.45) is 3.33. The Hall–Kier alpha value is -3.20. The van der Waals surface area contributed by atoms with Gasteiger partial charge in [0.2, 0.25) is 0 Å². The maximum absolute atomic E-state index is 9.53. The van der Waals surface area contributed by atoms with E-state index in [0.717, 1.165) is 27.9 Å². The predicted molar refractivity (Wildman–Crippen MR) is 111 cm³/mol. The quantitative estimate of drug-likeness (QED) is 0.451. The van der Waals surface area contributed by atoms with Crippen molar-refractivity contribution >= 4 is 11.3 Å². The molecular weight excluding hydrogens is 366 g/mol. The van der Waals surface area contributed by atoms with Crippen LogP contribution in [0.3, 0.4) is 0 Å². The molecule has 0 aliphatic carbocycles. The number of nitriles is 1. The van der Waals surface area contributed by atoms with Crippen molar-refractivity contribution in [3.8, 4) is 17.2 Å². The largest absolute Gasteiger partial charge is 0.363 e. The summed E-state index contributed by atoms with van der Waals surface area (Å²) in [6, 6.07) is 20.4. The van der Waals surface area contributed by atoms with Crippen LogP contribution in [0.4, 0.5) is 0 Å². The number of hydrogen-bond acceptors (Lipinski definition) is 4. The molecule has 0 saturated carbocycles. The van der Waals surface area contributed by atoms with E-state index in [1.807, 2.05) is 59.6 Å². The highest BCUT2D eigenvalue weighted by Crippen LogP contribution is 2.33. The number of hydrogen-bond donors (Lipinski definition) is 0. The Labute approximate surface area is 168 Å². The zero-order valence-corrected chi connectivity index (χ0v) is 16.3. The smallest absolute Gasteiger partial charge is 0.124 e. The van der Waals surface area contributed by atoms with E-state index in [1.165, 1.54) is 0 Å². The third-order valence-corrected chi connectivity index (χ3v) is 5.36. The second-order valence-electron chi connectivity index (χ2n) is 6.53. The molecule has 5 heteroatoms. The van der Waals surface area contributed by atoms with Crippen molar-refractivity contribution in [3.05, 3.63) is 100 Å². The first-order valence-corrected chi connectivity index (χ1v) is 9.89. The Balaban J connectivity index is 1.73. The number of nitrogens with zero attached hydrogens (tertiary/aromatic N) is 3. The fraction of sp³-hybridized carbons (Fsp3) is 0.130. The number of imidazole rings is 1. The minimum atomic E-state index is -0.280. The molecule has 2 heterocycles. The number of thiophene rings is 1. The minimum absolute atomic E-state index is 0.280. The highest BCUT2D eigenvalue weighted by Gasteiger charge is 2.20. The maximum Gasteiger partial charge on any atom is 0.124 e. The first kappa shape index (κ1) is 18.2. The van der Waals surface area contributed by atoms with Crippen LogP contribution in [-0.4, -0.2) is 9.55 Å². The third-order valence-electron chi connectivity index (χ3n) is 4.68. The molecule has 0 saturated heterocycles. The lowest BCUT2D eigenvalue weighted by Crippen LogP contribution is -2.11. The normalized spacial score (nSPS) is 11.9. The monoisotopic (exact) mass is 385 g/mol. The molecule has 4 rings (SSSR count). The fourth-order valence-electron chi connectivity index (χ4n) is 3.21. The van der Waals surface area contributed by atoms with Gasteiger partial charge in [-0.25, -0.2) is 4.98 Å². The molecule has 0 aliphatic rings. The van der Waals surface area contributed by atoms with Gasteiger partial charge in [0, 0.05) is 12.6 Å². The van der Waals surface area contributed by atoms with Gasteiger partial charge >= 0.3 is 0 Å².